The summed E-state index contributed by atoms with van der Waals surface area (Å²) in [5.74, 6) is 0.615. The average Bonchev–Trinajstić information content (AvgIpc) is 2.97. The van der Waals surface area contributed by atoms with Gasteiger partial charge >= 0.3 is 0 Å². The molecule has 0 atom stereocenters. The molecule has 1 aromatic carbocycles. The van der Waals surface area contributed by atoms with Crippen molar-refractivity contribution in [2.24, 2.45) is 0 Å². The van der Waals surface area contributed by atoms with Crippen molar-refractivity contribution >= 4 is 17.4 Å². The molecule has 0 fully saturated rings. The van der Waals surface area contributed by atoms with Crippen molar-refractivity contribution in [3.63, 3.8) is 0 Å². The Morgan fingerprint density at radius 3 is 2.71 bits per heavy atom. The van der Waals surface area contributed by atoms with Gasteiger partial charge in [0.1, 0.15) is 5.82 Å². The average molecular weight is 316 g/mol. The van der Waals surface area contributed by atoms with Crippen molar-refractivity contribution in [3.8, 4) is 22.3 Å². The number of anilines is 2. The van der Waals surface area contributed by atoms with E-state index in [1.165, 1.54) is 0 Å². The summed E-state index contributed by atoms with van der Waals surface area (Å²) in [5.41, 5.74) is 12.7. The fraction of sp³-hybridized carbons (Fsp3) is 0.105. The highest BCUT2D eigenvalue weighted by molar-refractivity contribution is 6.00. The lowest BCUT2D eigenvalue weighted by molar-refractivity contribution is -0.115. The summed E-state index contributed by atoms with van der Waals surface area (Å²) in [7, 11) is 0. The van der Waals surface area contributed by atoms with Gasteiger partial charge in [0, 0.05) is 41.0 Å². The summed E-state index contributed by atoms with van der Waals surface area (Å²) in [6.45, 7) is 2.05. The second-order valence-corrected chi connectivity index (χ2v) is 5.95. The Hall–Kier alpha value is -3.21. The molecule has 1 aliphatic rings. The van der Waals surface area contributed by atoms with E-state index in [1.54, 1.807) is 6.20 Å². The Bertz CT molecular complexity index is 965. The highest BCUT2D eigenvalue weighted by Gasteiger charge is 2.22. The molecule has 0 unspecified atom stereocenters. The van der Waals surface area contributed by atoms with Gasteiger partial charge in [-0.15, -0.1) is 0 Å². The lowest BCUT2D eigenvalue weighted by atomic mass is 9.96. The molecule has 2 aromatic heterocycles. The van der Waals surface area contributed by atoms with Crippen LogP contribution >= 0.6 is 0 Å². The SMILES string of the molecule is Cc1ccc(N)cc1-c1cncc(-c2ccnc3c2CC(=O)N3)c1. The smallest absolute Gasteiger partial charge is 0.230 e. The van der Waals surface area contributed by atoms with Gasteiger partial charge in [-0.1, -0.05) is 6.07 Å². The molecule has 0 spiro atoms. The normalized spacial score (nSPS) is 12.8. The molecule has 0 aliphatic carbocycles. The van der Waals surface area contributed by atoms with Crippen LogP contribution in [0, 0.1) is 6.92 Å². The first-order valence-corrected chi connectivity index (χ1v) is 7.71. The van der Waals surface area contributed by atoms with Crippen LogP contribution in [-0.2, 0) is 11.2 Å². The largest absolute Gasteiger partial charge is 0.399 e. The molecule has 0 saturated carbocycles. The predicted octanol–water partition coefficient (Wildman–Crippen LogP) is 3.20. The number of pyridine rings is 2. The van der Waals surface area contributed by atoms with E-state index in [0.29, 0.717) is 12.2 Å². The minimum atomic E-state index is -0.0271. The van der Waals surface area contributed by atoms with Gasteiger partial charge in [0.15, 0.2) is 0 Å². The molecule has 1 aliphatic heterocycles. The zero-order valence-corrected chi connectivity index (χ0v) is 13.2. The van der Waals surface area contributed by atoms with E-state index in [-0.39, 0.29) is 5.91 Å². The molecular weight excluding hydrogens is 300 g/mol. The lowest BCUT2D eigenvalue weighted by Crippen LogP contribution is -2.04. The Balaban J connectivity index is 1.84. The highest BCUT2D eigenvalue weighted by atomic mass is 16.1. The molecular formula is C19H16N4O. The third kappa shape index (κ3) is 2.40. The maximum atomic E-state index is 11.7. The number of nitrogen functional groups attached to an aromatic ring is 1. The van der Waals surface area contributed by atoms with E-state index >= 15 is 0 Å². The summed E-state index contributed by atoms with van der Waals surface area (Å²) in [6, 6.07) is 9.85. The highest BCUT2D eigenvalue weighted by Crippen LogP contribution is 2.34. The van der Waals surface area contributed by atoms with Crippen molar-refractivity contribution in [1.82, 2.24) is 9.97 Å². The topological polar surface area (TPSA) is 80.9 Å². The summed E-state index contributed by atoms with van der Waals surface area (Å²) < 4.78 is 0. The fourth-order valence-corrected chi connectivity index (χ4v) is 3.07. The Morgan fingerprint density at radius 2 is 1.88 bits per heavy atom. The summed E-state index contributed by atoms with van der Waals surface area (Å²) in [5, 5.41) is 2.78. The van der Waals surface area contributed by atoms with Gasteiger partial charge in [-0.25, -0.2) is 4.98 Å². The first-order chi connectivity index (χ1) is 11.6. The van der Waals surface area contributed by atoms with E-state index in [2.05, 4.69) is 21.4 Å². The van der Waals surface area contributed by atoms with Crippen molar-refractivity contribution < 1.29 is 4.79 Å². The van der Waals surface area contributed by atoms with Crippen LogP contribution in [0.25, 0.3) is 22.3 Å². The quantitative estimate of drug-likeness (QED) is 0.711. The molecule has 0 saturated heterocycles. The second kappa shape index (κ2) is 5.45. The van der Waals surface area contributed by atoms with Gasteiger partial charge in [-0.2, -0.15) is 0 Å². The zero-order valence-electron chi connectivity index (χ0n) is 13.2. The molecule has 3 heterocycles. The third-order valence-corrected chi connectivity index (χ3v) is 4.27. The molecule has 0 radical (unpaired) electrons. The van der Waals surface area contributed by atoms with Crippen LogP contribution in [-0.4, -0.2) is 15.9 Å². The molecule has 0 bridgehead atoms. The minimum Gasteiger partial charge on any atom is -0.399 e. The number of carbonyl (C=O) groups excluding carboxylic acids is 1. The molecule has 3 aromatic rings. The van der Waals surface area contributed by atoms with Crippen LogP contribution in [0.2, 0.25) is 0 Å². The first-order valence-electron chi connectivity index (χ1n) is 7.71. The van der Waals surface area contributed by atoms with E-state index in [0.717, 1.165) is 39.1 Å². The van der Waals surface area contributed by atoms with Crippen LogP contribution in [0.5, 0.6) is 0 Å². The summed E-state index contributed by atoms with van der Waals surface area (Å²) in [6.07, 6.45) is 5.69. The molecule has 24 heavy (non-hydrogen) atoms. The van der Waals surface area contributed by atoms with Crippen LogP contribution in [0.1, 0.15) is 11.1 Å². The van der Waals surface area contributed by atoms with E-state index in [4.69, 9.17) is 5.73 Å². The first kappa shape index (κ1) is 14.4. The minimum absolute atomic E-state index is 0.0271. The monoisotopic (exact) mass is 316 g/mol. The van der Waals surface area contributed by atoms with Gasteiger partial charge in [0.25, 0.3) is 0 Å². The van der Waals surface area contributed by atoms with Crippen molar-refractivity contribution in [2.45, 2.75) is 13.3 Å². The molecule has 118 valence electrons. The molecule has 3 N–H and O–H groups in total. The van der Waals surface area contributed by atoms with E-state index < -0.39 is 0 Å². The van der Waals surface area contributed by atoms with Gasteiger partial charge in [-0.3, -0.25) is 9.78 Å². The van der Waals surface area contributed by atoms with Gasteiger partial charge < -0.3 is 11.1 Å². The Labute approximate surface area is 139 Å². The number of fused-ring (bicyclic) bond motifs is 1. The fourth-order valence-electron chi connectivity index (χ4n) is 3.07. The number of rotatable bonds is 2. The number of aromatic nitrogens is 2. The number of hydrogen-bond acceptors (Lipinski definition) is 4. The number of benzene rings is 1. The molecule has 1 amide bonds. The Morgan fingerprint density at radius 1 is 1.08 bits per heavy atom. The van der Waals surface area contributed by atoms with E-state index in [9.17, 15) is 4.79 Å². The van der Waals surface area contributed by atoms with Crippen molar-refractivity contribution in [1.29, 1.82) is 0 Å². The summed E-state index contributed by atoms with van der Waals surface area (Å²) in [4.78, 5) is 20.3. The number of nitrogens with one attached hydrogen (secondary N) is 1. The second-order valence-electron chi connectivity index (χ2n) is 5.95. The van der Waals surface area contributed by atoms with E-state index in [1.807, 2.05) is 43.6 Å². The van der Waals surface area contributed by atoms with Crippen LogP contribution < -0.4 is 11.1 Å². The molecule has 5 nitrogen and oxygen atoms in total. The standard InChI is InChI=1S/C19H16N4O/c1-11-2-3-14(20)7-16(11)13-6-12(9-21-10-13)15-4-5-22-19-17(15)8-18(24)23-19/h2-7,9-10H,8,20H2,1H3,(H,22,23,24). The van der Waals surface area contributed by atoms with Gasteiger partial charge in [-0.05, 0) is 47.9 Å². The van der Waals surface area contributed by atoms with Crippen LogP contribution in [0.4, 0.5) is 11.5 Å². The number of nitrogens with two attached hydrogens (primary N) is 1. The summed E-state index contributed by atoms with van der Waals surface area (Å²) >= 11 is 0. The molecule has 5 heteroatoms. The lowest BCUT2D eigenvalue weighted by Gasteiger charge is -2.10. The number of amides is 1. The number of carbonyl (C=O) groups is 1. The van der Waals surface area contributed by atoms with Crippen molar-refractivity contribution in [3.05, 3.63) is 60.0 Å². The molecule has 4 rings (SSSR count). The maximum absolute atomic E-state index is 11.7. The predicted molar refractivity (Wildman–Crippen MR) is 94.4 cm³/mol. The van der Waals surface area contributed by atoms with Crippen LogP contribution in [0.3, 0.4) is 0 Å². The van der Waals surface area contributed by atoms with Gasteiger partial charge in [0.2, 0.25) is 5.91 Å². The number of nitrogens with zero attached hydrogens (tertiary/aromatic N) is 2. The number of aryl methyl sites for hydroxylation is 1. The zero-order chi connectivity index (χ0) is 16.7. The third-order valence-electron chi connectivity index (χ3n) is 4.27. The van der Waals surface area contributed by atoms with Gasteiger partial charge in [0.05, 0.1) is 6.42 Å². The number of hydrogen-bond donors (Lipinski definition) is 2. The van der Waals surface area contributed by atoms with Crippen molar-refractivity contribution in [2.75, 3.05) is 11.1 Å². The maximum Gasteiger partial charge on any atom is 0.230 e. The van der Waals surface area contributed by atoms with Crippen LogP contribution in [0.15, 0.2) is 48.9 Å². The Kier molecular flexibility index (Phi) is 3.27.